The summed E-state index contributed by atoms with van der Waals surface area (Å²) in [5, 5.41) is 1.08. The van der Waals surface area contributed by atoms with Crippen LogP contribution in [0.1, 0.15) is 5.56 Å². The Morgan fingerprint density at radius 1 is 1.15 bits per heavy atom. The van der Waals surface area contributed by atoms with E-state index in [4.69, 9.17) is 5.73 Å². The standard InChI is InChI=1S/C16H13BrN2S/c1-10-4-2-3-5-15(10)20-16-12-8-11(17)6-7-14(12)19-9-13(16)18/h2-9H,18H2,1H3. The molecule has 4 heteroatoms. The van der Waals surface area contributed by atoms with Crippen LogP contribution in [0.2, 0.25) is 0 Å². The zero-order valence-corrected chi connectivity index (χ0v) is 13.3. The predicted octanol–water partition coefficient (Wildman–Crippen LogP) is 5.04. The van der Waals surface area contributed by atoms with Gasteiger partial charge in [0.2, 0.25) is 0 Å². The lowest BCUT2D eigenvalue weighted by molar-refractivity contribution is 1.29. The van der Waals surface area contributed by atoms with Gasteiger partial charge in [-0.2, -0.15) is 0 Å². The monoisotopic (exact) mass is 344 g/mol. The highest BCUT2D eigenvalue weighted by Crippen LogP contribution is 2.38. The molecule has 0 saturated carbocycles. The van der Waals surface area contributed by atoms with Gasteiger partial charge in [0.1, 0.15) is 0 Å². The summed E-state index contributed by atoms with van der Waals surface area (Å²) in [5.74, 6) is 0. The molecule has 2 aromatic carbocycles. The SMILES string of the molecule is Cc1ccccc1Sc1c(N)cnc2ccc(Br)cc12. The summed E-state index contributed by atoms with van der Waals surface area (Å²) in [6.45, 7) is 2.11. The second kappa shape index (κ2) is 5.46. The first-order chi connectivity index (χ1) is 9.65. The van der Waals surface area contributed by atoms with Crippen molar-refractivity contribution in [3.63, 3.8) is 0 Å². The van der Waals surface area contributed by atoms with Crippen molar-refractivity contribution in [3.05, 3.63) is 58.7 Å². The van der Waals surface area contributed by atoms with Crippen molar-refractivity contribution in [3.8, 4) is 0 Å². The van der Waals surface area contributed by atoms with E-state index in [-0.39, 0.29) is 0 Å². The number of halogens is 1. The molecule has 3 aromatic rings. The minimum absolute atomic E-state index is 0.712. The molecule has 100 valence electrons. The van der Waals surface area contributed by atoms with E-state index in [0.29, 0.717) is 5.69 Å². The Morgan fingerprint density at radius 3 is 2.75 bits per heavy atom. The zero-order valence-electron chi connectivity index (χ0n) is 10.9. The molecule has 0 fully saturated rings. The third-order valence-electron chi connectivity index (χ3n) is 3.11. The molecule has 0 aliphatic heterocycles. The fourth-order valence-electron chi connectivity index (χ4n) is 2.05. The molecule has 0 amide bonds. The van der Waals surface area contributed by atoms with Gasteiger partial charge in [-0.25, -0.2) is 0 Å². The Bertz CT molecular complexity index is 781. The first-order valence-electron chi connectivity index (χ1n) is 6.22. The lowest BCUT2D eigenvalue weighted by atomic mass is 10.2. The number of aryl methyl sites for hydroxylation is 1. The summed E-state index contributed by atoms with van der Waals surface area (Å²) in [7, 11) is 0. The van der Waals surface area contributed by atoms with Crippen molar-refractivity contribution in [2.24, 2.45) is 0 Å². The molecule has 0 atom stereocenters. The van der Waals surface area contributed by atoms with Gasteiger partial charge in [0, 0.05) is 19.6 Å². The van der Waals surface area contributed by atoms with Crippen LogP contribution in [0.25, 0.3) is 10.9 Å². The number of anilines is 1. The van der Waals surface area contributed by atoms with Crippen LogP contribution in [0.4, 0.5) is 5.69 Å². The molecule has 0 aliphatic rings. The van der Waals surface area contributed by atoms with Crippen LogP contribution in [0, 0.1) is 6.92 Å². The van der Waals surface area contributed by atoms with Crippen molar-refractivity contribution >= 4 is 44.3 Å². The molecular weight excluding hydrogens is 332 g/mol. The number of hydrogen-bond donors (Lipinski definition) is 1. The van der Waals surface area contributed by atoms with E-state index in [0.717, 1.165) is 20.3 Å². The average molecular weight is 345 g/mol. The van der Waals surface area contributed by atoms with Crippen LogP contribution in [0.3, 0.4) is 0 Å². The molecule has 0 spiro atoms. The van der Waals surface area contributed by atoms with Crippen LogP contribution < -0.4 is 5.73 Å². The number of hydrogen-bond acceptors (Lipinski definition) is 3. The van der Waals surface area contributed by atoms with E-state index in [1.54, 1.807) is 18.0 Å². The molecule has 1 aromatic heterocycles. The van der Waals surface area contributed by atoms with Gasteiger partial charge in [0.05, 0.1) is 17.4 Å². The Kier molecular flexibility index (Phi) is 3.68. The van der Waals surface area contributed by atoms with Gasteiger partial charge in [-0.3, -0.25) is 4.98 Å². The van der Waals surface area contributed by atoms with Gasteiger partial charge in [0.15, 0.2) is 0 Å². The lowest BCUT2D eigenvalue weighted by Gasteiger charge is -2.11. The molecule has 0 bridgehead atoms. The highest BCUT2D eigenvalue weighted by molar-refractivity contribution is 9.10. The third kappa shape index (κ3) is 2.53. The molecular formula is C16H13BrN2S. The molecule has 20 heavy (non-hydrogen) atoms. The van der Waals surface area contributed by atoms with Crippen molar-refractivity contribution in [2.45, 2.75) is 16.7 Å². The van der Waals surface area contributed by atoms with E-state index in [2.05, 4.69) is 46.0 Å². The largest absolute Gasteiger partial charge is 0.397 e. The quantitative estimate of drug-likeness (QED) is 0.707. The summed E-state index contributed by atoms with van der Waals surface area (Å²) < 4.78 is 1.03. The Balaban J connectivity index is 2.17. The maximum atomic E-state index is 6.14. The number of rotatable bonds is 2. The summed E-state index contributed by atoms with van der Waals surface area (Å²) in [6, 6.07) is 14.4. The normalized spacial score (nSPS) is 10.9. The fraction of sp³-hybridized carbons (Fsp3) is 0.0625. The van der Waals surface area contributed by atoms with Crippen LogP contribution in [0.5, 0.6) is 0 Å². The van der Waals surface area contributed by atoms with Crippen LogP contribution in [0.15, 0.2) is 62.9 Å². The minimum atomic E-state index is 0.712. The zero-order chi connectivity index (χ0) is 14.1. The van der Waals surface area contributed by atoms with Crippen LogP contribution in [-0.4, -0.2) is 4.98 Å². The van der Waals surface area contributed by atoms with E-state index in [1.807, 2.05) is 24.3 Å². The molecule has 0 radical (unpaired) electrons. The average Bonchev–Trinajstić information content (AvgIpc) is 2.44. The number of nitrogens with zero attached hydrogens (tertiary/aromatic N) is 1. The first kappa shape index (κ1) is 13.5. The second-order valence-corrected chi connectivity index (χ2v) is 6.54. The fourth-order valence-corrected chi connectivity index (χ4v) is 3.45. The Hall–Kier alpha value is -1.52. The molecule has 2 N–H and O–H groups in total. The lowest BCUT2D eigenvalue weighted by Crippen LogP contribution is -1.93. The maximum absolute atomic E-state index is 6.14. The summed E-state index contributed by atoms with van der Waals surface area (Å²) in [5.41, 5.74) is 9.05. The van der Waals surface area contributed by atoms with Crippen LogP contribution in [-0.2, 0) is 0 Å². The van der Waals surface area contributed by atoms with Gasteiger partial charge in [-0.05, 0) is 36.8 Å². The summed E-state index contributed by atoms with van der Waals surface area (Å²) >= 11 is 5.21. The Morgan fingerprint density at radius 2 is 1.95 bits per heavy atom. The number of pyridine rings is 1. The molecule has 1 heterocycles. The van der Waals surface area contributed by atoms with Gasteiger partial charge < -0.3 is 5.73 Å². The third-order valence-corrected chi connectivity index (χ3v) is 4.94. The van der Waals surface area contributed by atoms with Gasteiger partial charge in [-0.15, -0.1) is 0 Å². The highest BCUT2D eigenvalue weighted by atomic mass is 79.9. The second-order valence-electron chi connectivity index (χ2n) is 4.57. The van der Waals surface area contributed by atoms with Gasteiger partial charge in [0.25, 0.3) is 0 Å². The van der Waals surface area contributed by atoms with E-state index >= 15 is 0 Å². The maximum Gasteiger partial charge on any atom is 0.0715 e. The summed E-state index contributed by atoms with van der Waals surface area (Å²) in [6.07, 6.45) is 1.73. The van der Waals surface area contributed by atoms with Crippen molar-refractivity contribution in [1.82, 2.24) is 4.98 Å². The number of benzene rings is 2. The molecule has 0 aliphatic carbocycles. The molecule has 2 nitrogen and oxygen atoms in total. The number of fused-ring (bicyclic) bond motifs is 1. The molecule has 3 rings (SSSR count). The van der Waals surface area contributed by atoms with Crippen molar-refractivity contribution < 1.29 is 0 Å². The van der Waals surface area contributed by atoms with E-state index in [1.165, 1.54) is 10.5 Å². The number of nitrogen functional groups attached to an aromatic ring is 1. The predicted molar refractivity (Wildman–Crippen MR) is 89.2 cm³/mol. The minimum Gasteiger partial charge on any atom is -0.397 e. The van der Waals surface area contributed by atoms with E-state index in [9.17, 15) is 0 Å². The number of aromatic nitrogens is 1. The summed E-state index contributed by atoms with van der Waals surface area (Å²) in [4.78, 5) is 6.66. The molecule has 0 saturated heterocycles. The van der Waals surface area contributed by atoms with Gasteiger partial charge in [-0.1, -0.05) is 45.9 Å². The van der Waals surface area contributed by atoms with Crippen LogP contribution >= 0.6 is 27.7 Å². The van der Waals surface area contributed by atoms with Crippen molar-refractivity contribution in [1.29, 1.82) is 0 Å². The smallest absolute Gasteiger partial charge is 0.0715 e. The topological polar surface area (TPSA) is 38.9 Å². The Labute approximate surface area is 130 Å². The van der Waals surface area contributed by atoms with E-state index < -0.39 is 0 Å². The highest BCUT2D eigenvalue weighted by Gasteiger charge is 2.10. The number of nitrogens with two attached hydrogens (primary N) is 1. The molecule has 0 unspecified atom stereocenters. The van der Waals surface area contributed by atoms with Gasteiger partial charge >= 0.3 is 0 Å². The van der Waals surface area contributed by atoms with Crippen molar-refractivity contribution in [2.75, 3.05) is 5.73 Å². The first-order valence-corrected chi connectivity index (χ1v) is 7.83.